The molecule has 0 unspecified atom stereocenters. The first-order chi connectivity index (χ1) is 11.1. The van der Waals surface area contributed by atoms with Gasteiger partial charge in [0.25, 0.3) is 5.91 Å². The van der Waals surface area contributed by atoms with Gasteiger partial charge >= 0.3 is 0 Å². The van der Waals surface area contributed by atoms with Crippen LogP contribution in [0.5, 0.6) is 0 Å². The van der Waals surface area contributed by atoms with Crippen molar-refractivity contribution < 1.29 is 4.79 Å². The minimum Gasteiger partial charge on any atom is -0.355 e. The van der Waals surface area contributed by atoms with Gasteiger partial charge in [0.15, 0.2) is 0 Å². The summed E-state index contributed by atoms with van der Waals surface area (Å²) in [4.78, 5) is 20.9. The van der Waals surface area contributed by atoms with Gasteiger partial charge in [-0.05, 0) is 25.0 Å². The molecule has 1 saturated heterocycles. The molecule has 6 nitrogen and oxygen atoms in total. The van der Waals surface area contributed by atoms with Gasteiger partial charge in [-0.3, -0.25) is 9.48 Å². The quantitative estimate of drug-likeness (QED) is 0.864. The summed E-state index contributed by atoms with van der Waals surface area (Å²) >= 11 is 6.21. The summed E-state index contributed by atoms with van der Waals surface area (Å²) in [6.07, 6.45) is 6.92. The van der Waals surface area contributed by atoms with Crippen LogP contribution in [-0.4, -0.2) is 51.8 Å². The maximum Gasteiger partial charge on any atom is 0.257 e. The standard InChI is InChI=1S/C16H20ClN5O/c1-20-11-12(10-19-20)16(23)21(2)13-5-8-22(9-6-13)15-14(17)4-3-7-18-15/h3-4,7,10-11,13H,5-6,8-9H2,1-2H3. The minimum absolute atomic E-state index is 0.0208. The molecule has 0 radical (unpaired) electrons. The van der Waals surface area contributed by atoms with Crippen molar-refractivity contribution in [2.75, 3.05) is 25.0 Å². The summed E-state index contributed by atoms with van der Waals surface area (Å²) < 4.78 is 1.65. The van der Waals surface area contributed by atoms with E-state index in [0.29, 0.717) is 10.6 Å². The molecule has 23 heavy (non-hydrogen) atoms. The molecule has 0 atom stereocenters. The highest BCUT2D eigenvalue weighted by atomic mass is 35.5. The second kappa shape index (κ2) is 6.58. The van der Waals surface area contributed by atoms with Crippen LogP contribution < -0.4 is 4.90 Å². The molecule has 1 amide bonds. The first-order valence-corrected chi connectivity index (χ1v) is 8.05. The third-order valence-corrected chi connectivity index (χ3v) is 4.62. The van der Waals surface area contributed by atoms with Crippen LogP contribution in [0.1, 0.15) is 23.2 Å². The highest BCUT2D eigenvalue weighted by Crippen LogP contribution is 2.26. The van der Waals surface area contributed by atoms with E-state index in [4.69, 9.17) is 11.6 Å². The SMILES string of the molecule is CN(C(=O)c1cnn(C)c1)C1CCN(c2ncccc2Cl)CC1. The Labute approximate surface area is 140 Å². The van der Waals surface area contributed by atoms with Crippen LogP contribution in [-0.2, 0) is 7.05 Å². The molecule has 2 aromatic rings. The number of hydrogen-bond donors (Lipinski definition) is 0. The number of carbonyl (C=O) groups excluding carboxylic acids is 1. The molecule has 0 saturated carbocycles. The molecule has 1 aliphatic heterocycles. The molecular weight excluding hydrogens is 314 g/mol. The van der Waals surface area contributed by atoms with Crippen LogP contribution in [0.4, 0.5) is 5.82 Å². The third-order valence-electron chi connectivity index (χ3n) is 4.32. The second-order valence-corrected chi connectivity index (χ2v) is 6.25. The highest BCUT2D eigenvalue weighted by molar-refractivity contribution is 6.32. The van der Waals surface area contributed by atoms with Gasteiger partial charge in [0.05, 0.1) is 16.8 Å². The number of amides is 1. The van der Waals surface area contributed by atoms with Gasteiger partial charge in [-0.25, -0.2) is 4.98 Å². The molecule has 0 N–H and O–H groups in total. The van der Waals surface area contributed by atoms with E-state index in [0.717, 1.165) is 31.7 Å². The number of aryl methyl sites for hydroxylation is 1. The van der Waals surface area contributed by atoms with E-state index in [-0.39, 0.29) is 11.9 Å². The summed E-state index contributed by atoms with van der Waals surface area (Å²) in [5.74, 6) is 0.848. The summed E-state index contributed by atoms with van der Waals surface area (Å²) in [6.45, 7) is 1.68. The molecule has 122 valence electrons. The lowest BCUT2D eigenvalue weighted by Crippen LogP contribution is -2.45. The van der Waals surface area contributed by atoms with E-state index in [1.165, 1.54) is 0 Å². The topological polar surface area (TPSA) is 54.3 Å². The Morgan fingerprint density at radius 2 is 2.13 bits per heavy atom. The fourth-order valence-electron chi connectivity index (χ4n) is 2.98. The van der Waals surface area contributed by atoms with E-state index >= 15 is 0 Å². The number of rotatable bonds is 3. The lowest BCUT2D eigenvalue weighted by atomic mass is 10.0. The normalized spacial score (nSPS) is 15.7. The van der Waals surface area contributed by atoms with E-state index < -0.39 is 0 Å². The average Bonchev–Trinajstić information content (AvgIpc) is 3.01. The van der Waals surface area contributed by atoms with Crippen molar-refractivity contribution in [3.63, 3.8) is 0 Å². The van der Waals surface area contributed by atoms with Gasteiger partial charge in [0.1, 0.15) is 5.82 Å². The second-order valence-electron chi connectivity index (χ2n) is 5.85. The number of aromatic nitrogens is 3. The third kappa shape index (κ3) is 3.32. The van der Waals surface area contributed by atoms with E-state index in [1.54, 1.807) is 23.3 Å². The molecule has 1 fully saturated rings. The predicted molar refractivity (Wildman–Crippen MR) is 89.8 cm³/mol. The van der Waals surface area contributed by atoms with Crippen molar-refractivity contribution in [1.82, 2.24) is 19.7 Å². The first kappa shape index (κ1) is 15.8. The van der Waals surface area contributed by atoms with Gasteiger partial charge in [-0.1, -0.05) is 11.6 Å². The Kier molecular flexibility index (Phi) is 4.52. The minimum atomic E-state index is 0.0208. The van der Waals surface area contributed by atoms with Crippen LogP contribution in [0.15, 0.2) is 30.7 Å². The van der Waals surface area contributed by atoms with E-state index in [1.807, 2.05) is 31.1 Å². The Morgan fingerprint density at radius 1 is 1.39 bits per heavy atom. The summed E-state index contributed by atoms with van der Waals surface area (Å²) in [5.41, 5.74) is 0.630. The van der Waals surface area contributed by atoms with Gasteiger partial charge in [0.2, 0.25) is 0 Å². The van der Waals surface area contributed by atoms with Crippen molar-refractivity contribution >= 4 is 23.3 Å². The van der Waals surface area contributed by atoms with E-state index in [9.17, 15) is 4.79 Å². The van der Waals surface area contributed by atoms with Gasteiger partial charge in [-0.15, -0.1) is 0 Å². The average molecular weight is 334 g/mol. The lowest BCUT2D eigenvalue weighted by Gasteiger charge is -2.37. The van der Waals surface area contributed by atoms with Gasteiger partial charge in [-0.2, -0.15) is 5.10 Å². The zero-order valence-corrected chi connectivity index (χ0v) is 14.1. The number of halogens is 1. The van der Waals surface area contributed by atoms with Crippen LogP contribution in [0, 0.1) is 0 Å². The van der Waals surface area contributed by atoms with Gasteiger partial charge in [0, 0.05) is 45.6 Å². The molecule has 7 heteroatoms. The molecule has 3 rings (SSSR count). The largest absolute Gasteiger partial charge is 0.355 e. The molecule has 2 aromatic heterocycles. The fourth-order valence-corrected chi connectivity index (χ4v) is 3.22. The smallest absolute Gasteiger partial charge is 0.257 e. The summed E-state index contributed by atoms with van der Waals surface area (Å²) in [5, 5.41) is 4.74. The van der Waals surface area contributed by atoms with Crippen molar-refractivity contribution in [3.8, 4) is 0 Å². The zero-order valence-electron chi connectivity index (χ0n) is 13.3. The van der Waals surface area contributed by atoms with Crippen molar-refractivity contribution in [2.45, 2.75) is 18.9 Å². The van der Waals surface area contributed by atoms with Crippen LogP contribution in [0.2, 0.25) is 5.02 Å². The molecule has 1 aliphatic rings. The van der Waals surface area contributed by atoms with Crippen molar-refractivity contribution in [1.29, 1.82) is 0 Å². The molecule has 0 aromatic carbocycles. The van der Waals surface area contributed by atoms with Crippen LogP contribution >= 0.6 is 11.6 Å². The maximum absolute atomic E-state index is 12.5. The Bertz CT molecular complexity index is 693. The Hall–Kier alpha value is -2.08. The molecule has 3 heterocycles. The molecule has 0 aliphatic carbocycles. The Morgan fingerprint density at radius 3 is 2.74 bits per heavy atom. The molecular formula is C16H20ClN5O. The monoisotopic (exact) mass is 333 g/mol. The zero-order chi connectivity index (χ0) is 16.4. The number of nitrogens with zero attached hydrogens (tertiary/aromatic N) is 5. The number of pyridine rings is 1. The molecule has 0 spiro atoms. The Balaban J connectivity index is 1.62. The fraction of sp³-hybridized carbons (Fsp3) is 0.438. The van der Waals surface area contributed by atoms with Crippen molar-refractivity contribution in [3.05, 3.63) is 41.3 Å². The van der Waals surface area contributed by atoms with Crippen LogP contribution in [0.3, 0.4) is 0 Å². The maximum atomic E-state index is 12.5. The summed E-state index contributed by atoms with van der Waals surface area (Å²) in [6, 6.07) is 3.91. The predicted octanol–water partition coefficient (Wildman–Crippen LogP) is 2.21. The van der Waals surface area contributed by atoms with E-state index in [2.05, 4.69) is 15.0 Å². The number of hydrogen-bond acceptors (Lipinski definition) is 4. The number of piperidine rings is 1. The lowest BCUT2D eigenvalue weighted by molar-refractivity contribution is 0.0709. The van der Waals surface area contributed by atoms with Crippen LogP contribution in [0.25, 0.3) is 0 Å². The highest BCUT2D eigenvalue weighted by Gasteiger charge is 2.27. The first-order valence-electron chi connectivity index (χ1n) is 7.67. The number of carbonyl (C=O) groups is 1. The van der Waals surface area contributed by atoms with Gasteiger partial charge < -0.3 is 9.80 Å². The number of anilines is 1. The van der Waals surface area contributed by atoms with Crippen molar-refractivity contribution in [2.24, 2.45) is 7.05 Å². The molecule has 0 bridgehead atoms. The summed E-state index contributed by atoms with van der Waals surface area (Å²) in [7, 11) is 3.68.